The minimum Gasteiger partial charge on any atom is -0.368 e. The number of aromatic nitrogens is 1. The first-order valence-corrected chi connectivity index (χ1v) is 12.2. The molecular weight excluding hydrogens is 455 g/mol. The lowest BCUT2D eigenvalue weighted by atomic mass is 10.1. The zero-order valence-corrected chi connectivity index (χ0v) is 20.7. The van der Waals surface area contributed by atoms with Gasteiger partial charge in [-0.3, -0.25) is 9.69 Å². The van der Waals surface area contributed by atoms with Gasteiger partial charge in [-0.2, -0.15) is 0 Å². The Morgan fingerprint density at radius 1 is 1.00 bits per heavy atom. The molecular formula is C26H30Cl2N4O. The largest absolute Gasteiger partial charge is 0.368 e. The smallest absolute Gasteiger partial charge is 0.253 e. The third-order valence-corrected chi connectivity index (χ3v) is 7.16. The Kier molecular flexibility index (Phi) is 7.63. The average molecular weight is 485 g/mol. The number of nitrogens with one attached hydrogen (secondary N) is 1. The number of benzene rings is 2. The topological polar surface area (TPSA) is 40.5 Å². The molecule has 7 heteroatoms. The van der Waals surface area contributed by atoms with Gasteiger partial charge in [0.25, 0.3) is 5.91 Å². The molecule has 5 nitrogen and oxygen atoms in total. The second-order valence-electron chi connectivity index (χ2n) is 8.30. The van der Waals surface area contributed by atoms with Crippen LogP contribution in [0, 0.1) is 6.92 Å². The summed E-state index contributed by atoms with van der Waals surface area (Å²) in [6.45, 7) is 9.99. The fourth-order valence-electron chi connectivity index (χ4n) is 4.50. The number of carbonyl (C=O) groups excluding carboxylic acids is 1. The van der Waals surface area contributed by atoms with Crippen molar-refractivity contribution >= 4 is 34.8 Å². The lowest BCUT2D eigenvalue weighted by molar-refractivity contribution is 0.0947. The van der Waals surface area contributed by atoms with Crippen molar-refractivity contribution in [3.63, 3.8) is 0 Å². The third kappa shape index (κ3) is 5.21. The molecule has 33 heavy (non-hydrogen) atoms. The molecule has 1 aliphatic rings. The monoisotopic (exact) mass is 484 g/mol. The Morgan fingerprint density at radius 3 is 2.42 bits per heavy atom. The summed E-state index contributed by atoms with van der Waals surface area (Å²) in [5.74, 6) is -0.0128. The Hall–Kier alpha value is -2.47. The van der Waals surface area contributed by atoms with Crippen LogP contribution in [-0.2, 0) is 6.54 Å². The number of hydrogen-bond acceptors (Lipinski definition) is 3. The predicted octanol–water partition coefficient (Wildman–Crippen LogP) is 5.34. The molecule has 4 rings (SSSR count). The Bertz CT molecular complexity index is 1100. The van der Waals surface area contributed by atoms with Crippen LogP contribution in [0.1, 0.15) is 23.0 Å². The molecule has 0 radical (unpaired) electrons. The van der Waals surface area contributed by atoms with Gasteiger partial charge in [-0.25, -0.2) is 0 Å². The van der Waals surface area contributed by atoms with Crippen molar-refractivity contribution in [2.75, 3.05) is 44.2 Å². The van der Waals surface area contributed by atoms with Crippen LogP contribution in [0.15, 0.2) is 54.6 Å². The highest BCUT2D eigenvalue weighted by atomic mass is 35.5. The molecule has 0 atom stereocenters. The fourth-order valence-corrected chi connectivity index (χ4v) is 4.92. The molecule has 0 spiro atoms. The number of piperazine rings is 1. The van der Waals surface area contributed by atoms with E-state index in [4.69, 9.17) is 23.2 Å². The van der Waals surface area contributed by atoms with Gasteiger partial charge in [-0.15, -0.1) is 0 Å². The van der Waals surface area contributed by atoms with E-state index in [1.165, 1.54) is 0 Å². The quantitative estimate of drug-likeness (QED) is 0.491. The summed E-state index contributed by atoms with van der Waals surface area (Å²) in [4.78, 5) is 17.6. The van der Waals surface area contributed by atoms with Gasteiger partial charge in [-0.05, 0) is 37.6 Å². The molecule has 3 aromatic rings. The van der Waals surface area contributed by atoms with Crippen molar-refractivity contribution < 1.29 is 4.79 Å². The second-order valence-corrected chi connectivity index (χ2v) is 9.08. The molecule has 1 N–H and O–H groups in total. The Labute approximate surface area is 205 Å². The molecule has 0 aliphatic carbocycles. The lowest BCUT2D eigenvalue weighted by Crippen LogP contribution is -2.48. The van der Waals surface area contributed by atoms with E-state index in [0.29, 0.717) is 16.6 Å². The van der Waals surface area contributed by atoms with Crippen molar-refractivity contribution in [2.45, 2.75) is 20.4 Å². The summed E-state index contributed by atoms with van der Waals surface area (Å²) in [6, 6.07) is 18.0. The number of amides is 1. The number of carbonyl (C=O) groups is 1. The van der Waals surface area contributed by atoms with Crippen LogP contribution in [0.3, 0.4) is 0 Å². The van der Waals surface area contributed by atoms with Crippen LogP contribution in [0.5, 0.6) is 0 Å². The minimum absolute atomic E-state index is 0.0128. The van der Waals surface area contributed by atoms with E-state index in [9.17, 15) is 4.79 Å². The van der Waals surface area contributed by atoms with Crippen LogP contribution in [0.4, 0.5) is 5.69 Å². The maximum absolute atomic E-state index is 12.9. The highest BCUT2D eigenvalue weighted by molar-refractivity contribution is 6.43. The van der Waals surface area contributed by atoms with Crippen LogP contribution in [0.2, 0.25) is 10.0 Å². The van der Waals surface area contributed by atoms with E-state index in [-0.39, 0.29) is 5.91 Å². The summed E-state index contributed by atoms with van der Waals surface area (Å²) >= 11 is 12.5. The van der Waals surface area contributed by atoms with E-state index in [1.807, 2.05) is 49.4 Å². The zero-order chi connectivity index (χ0) is 23.4. The van der Waals surface area contributed by atoms with E-state index in [2.05, 4.69) is 38.7 Å². The van der Waals surface area contributed by atoms with Gasteiger partial charge in [0, 0.05) is 57.2 Å². The molecule has 174 valence electrons. The van der Waals surface area contributed by atoms with Crippen molar-refractivity contribution in [3.8, 4) is 11.3 Å². The van der Waals surface area contributed by atoms with E-state index >= 15 is 0 Å². The third-order valence-electron chi connectivity index (χ3n) is 6.35. The molecule has 2 aromatic carbocycles. The maximum atomic E-state index is 12.9. The van der Waals surface area contributed by atoms with E-state index in [0.717, 1.165) is 67.5 Å². The van der Waals surface area contributed by atoms with Crippen LogP contribution in [0.25, 0.3) is 11.3 Å². The molecule has 1 fully saturated rings. The number of nitrogens with zero attached hydrogens (tertiary/aromatic N) is 3. The first-order chi connectivity index (χ1) is 16.0. The van der Waals surface area contributed by atoms with Gasteiger partial charge in [0.15, 0.2) is 0 Å². The molecule has 2 heterocycles. The Balaban J connectivity index is 1.31. The molecule has 0 saturated carbocycles. The van der Waals surface area contributed by atoms with Crippen LogP contribution in [-0.4, -0.2) is 54.6 Å². The van der Waals surface area contributed by atoms with Crippen molar-refractivity contribution in [2.24, 2.45) is 0 Å². The number of rotatable bonds is 7. The van der Waals surface area contributed by atoms with Crippen molar-refractivity contribution in [1.29, 1.82) is 0 Å². The van der Waals surface area contributed by atoms with Gasteiger partial charge < -0.3 is 14.8 Å². The van der Waals surface area contributed by atoms with Crippen molar-refractivity contribution in [3.05, 3.63) is 75.9 Å². The minimum atomic E-state index is -0.0128. The van der Waals surface area contributed by atoms with Gasteiger partial charge in [-0.1, -0.05) is 59.6 Å². The summed E-state index contributed by atoms with van der Waals surface area (Å²) in [5.41, 5.74) is 4.94. The SMILES string of the molecule is CCn1c(-c2ccccc2)cc(C(=O)NCCN2CCN(c3cccc(Cl)c3Cl)CC2)c1C. The summed E-state index contributed by atoms with van der Waals surface area (Å²) in [6.07, 6.45) is 0. The second kappa shape index (κ2) is 10.6. The fraction of sp³-hybridized carbons (Fsp3) is 0.346. The van der Waals surface area contributed by atoms with E-state index in [1.54, 1.807) is 0 Å². The summed E-state index contributed by atoms with van der Waals surface area (Å²) in [7, 11) is 0. The molecule has 1 aromatic heterocycles. The highest BCUT2D eigenvalue weighted by Gasteiger charge is 2.21. The van der Waals surface area contributed by atoms with Crippen molar-refractivity contribution in [1.82, 2.24) is 14.8 Å². The molecule has 1 amide bonds. The van der Waals surface area contributed by atoms with Gasteiger partial charge in [0.05, 0.1) is 21.3 Å². The number of anilines is 1. The number of halogens is 2. The molecule has 0 unspecified atom stereocenters. The summed E-state index contributed by atoms with van der Waals surface area (Å²) in [5, 5.41) is 4.32. The van der Waals surface area contributed by atoms with Gasteiger partial charge >= 0.3 is 0 Å². The zero-order valence-electron chi connectivity index (χ0n) is 19.2. The normalized spacial score (nSPS) is 14.5. The average Bonchev–Trinajstić information content (AvgIpc) is 3.18. The highest BCUT2D eigenvalue weighted by Crippen LogP contribution is 2.33. The number of hydrogen-bond donors (Lipinski definition) is 1. The van der Waals surface area contributed by atoms with Gasteiger partial charge in [0.2, 0.25) is 0 Å². The van der Waals surface area contributed by atoms with Crippen LogP contribution < -0.4 is 10.2 Å². The molecule has 0 bridgehead atoms. The standard InChI is InChI=1S/C26H30Cl2N4O/c1-3-32-19(2)21(18-24(32)20-8-5-4-6-9-20)26(33)29-12-13-30-14-16-31(17-15-30)23-11-7-10-22(27)25(23)28/h4-11,18H,3,12-17H2,1-2H3,(H,29,33). The van der Waals surface area contributed by atoms with E-state index < -0.39 is 0 Å². The maximum Gasteiger partial charge on any atom is 0.253 e. The predicted molar refractivity (Wildman–Crippen MR) is 138 cm³/mol. The summed E-state index contributed by atoms with van der Waals surface area (Å²) < 4.78 is 2.20. The molecule has 1 saturated heterocycles. The first kappa shape index (κ1) is 23.7. The molecule has 1 aliphatic heterocycles. The van der Waals surface area contributed by atoms with Gasteiger partial charge in [0.1, 0.15) is 0 Å². The first-order valence-electron chi connectivity index (χ1n) is 11.4. The lowest BCUT2D eigenvalue weighted by Gasteiger charge is -2.36. The Morgan fingerprint density at radius 2 is 1.73 bits per heavy atom. The van der Waals surface area contributed by atoms with Crippen LogP contribution >= 0.6 is 23.2 Å².